The van der Waals surface area contributed by atoms with Crippen LogP contribution in [0, 0.1) is 0 Å². The van der Waals surface area contributed by atoms with Gasteiger partial charge in [0.2, 0.25) is 0 Å². The predicted molar refractivity (Wildman–Crippen MR) is 199 cm³/mol. The zero-order valence-corrected chi connectivity index (χ0v) is 27.7. The second-order valence-corrected chi connectivity index (χ2v) is 14.3. The van der Waals surface area contributed by atoms with E-state index in [0.717, 1.165) is 50.7 Å². The summed E-state index contributed by atoms with van der Waals surface area (Å²) in [6.45, 7) is 6.62. The minimum atomic E-state index is -0.118. The topological polar surface area (TPSA) is 44.9 Å². The summed E-state index contributed by atoms with van der Waals surface area (Å²) in [5.41, 5.74) is 6.39. The monoisotopic (exact) mass is 640 g/mol. The molecule has 232 valence electrons. The Balaban J connectivity index is 1.17. The molecule has 5 aromatic carbocycles. The summed E-state index contributed by atoms with van der Waals surface area (Å²) in [7, 11) is 0. The van der Waals surface area contributed by atoms with E-state index in [1.807, 2.05) is 58.6 Å². The van der Waals surface area contributed by atoms with Crippen LogP contribution in [-0.2, 0) is 5.41 Å². The lowest BCUT2D eigenvalue weighted by atomic mass is 9.87. The van der Waals surface area contributed by atoms with E-state index >= 15 is 0 Å². The highest BCUT2D eigenvalue weighted by Crippen LogP contribution is 2.43. The van der Waals surface area contributed by atoms with Crippen molar-refractivity contribution in [3.63, 3.8) is 0 Å². The van der Waals surface area contributed by atoms with Gasteiger partial charge < -0.3 is 4.74 Å². The van der Waals surface area contributed by atoms with Crippen molar-refractivity contribution in [2.24, 2.45) is 0 Å². The van der Waals surface area contributed by atoms with Gasteiger partial charge in [-0.05, 0) is 54.1 Å². The first-order chi connectivity index (χ1) is 23.4. The first-order valence-corrected chi connectivity index (χ1v) is 17.0. The zero-order chi connectivity index (χ0) is 32.4. The van der Waals surface area contributed by atoms with E-state index in [1.165, 1.54) is 31.1 Å². The van der Waals surface area contributed by atoms with Crippen molar-refractivity contribution < 1.29 is 4.74 Å². The molecule has 5 nitrogen and oxygen atoms in total. The van der Waals surface area contributed by atoms with Gasteiger partial charge in [0.1, 0.15) is 17.3 Å². The maximum atomic E-state index is 6.59. The Morgan fingerprint density at radius 3 is 2.29 bits per heavy atom. The fourth-order valence-corrected chi connectivity index (χ4v) is 7.90. The second kappa shape index (κ2) is 10.9. The average Bonchev–Trinajstić information content (AvgIpc) is 3.81. The molecule has 6 heteroatoms. The fourth-order valence-electron chi connectivity index (χ4n) is 6.80. The second-order valence-electron chi connectivity index (χ2n) is 13.2. The smallest absolute Gasteiger partial charge is 0.137 e. The molecule has 0 fully saturated rings. The van der Waals surface area contributed by atoms with Crippen molar-refractivity contribution in [3.8, 4) is 34.1 Å². The van der Waals surface area contributed by atoms with Gasteiger partial charge in [-0.3, -0.25) is 4.57 Å². The Morgan fingerprint density at radius 2 is 1.46 bits per heavy atom. The Kier molecular flexibility index (Phi) is 6.49. The first-order valence-electron chi connectivity index (χ1n) is 16.2. The number of rotatable bonds is 5. The van der Waals surface area contributed by atoms with Crippen molar-refractivity contribution in [3.05, 3.63) is 145 Å². The third-order valence-corrected chi connectivity index (χ3v) is 10.1. The van der Waals surface area contributed by atoms with Gasteiger partial charge >= 0.3 is 0 Å². The summed E-state index contributed by atoms with van der Waals surface area (Å²) in [5, 5.41) is 9.96. The van der Waals surface area contributed by atoms with E-state index in [4.69, 9.17) is 14.8 Å². The molecule has 0 amide bonds. The van der Waals surface area contributed by atoms with Crippen molar-refractivity contribution >= 4 is 53.3 Å². The third kappa shape index (κ3) is 4.68. The summed E-state index contributed by atoms with van der Waals surface area (Å²) in [5.74, 6) is 2.38. The maximum absolute atomic E-state index is 6.59. The van der Waals surface area contributed by atoms with Crippen LogP contribution in [0.3, 0.4) is 0 Å². The summed E-state index contributed by atoms with van der Waals surface area (Å²) >= 11 is 1.83. The molecule has 0 N–H and O–H groups in total. The van der Waals surface area contributed by atoms with Crippen molar-refractivity contribution in [1.82, 2.24) is 19.3 Å². The molecule has 0 saturated heterocycles. The SMILES string of the molecule is CC(C)(C)c1nn(-c2cccc(Oc3ccc4c5ccc6sc7ccccc7c6c5n(-c5ccccn5)c4c3)c2)cc1-c1ccccc1. The van der Waals surface area contributed by atoms with E-state index in [0.29, 0.717) is 0 Å². The summed E-state index contributed by atoms with van der Waals surface area (Å²) in [4.78, 5) is 4.82. The number of nitrogens with zero attached hydrogens (tertiary/aromatic N) is 4. The van der Waals surface area contributed by atoms with Crippen LogP contribution in [0.1, 0.15) is 26.5 Å². The lowest BCUT2D eigenvalue weighted by Crippen LogP contribution is -2.14. The summed E-state index contributed by atoms with van der Waals surface area (Å²) < 4.78 is 13.4. The van der Waals surface area contributed by atoms with Crippen molar-refractivity contribution in [1.29, 1.82) is 0 Å². The highest BCUT2D eigenvalue weighted by atomic mass is 32.1. The minimum Gasteiger partial charge on any atom is -0.457 e. The van der Waals surface area contributed by atoms with Crippen LogP contribution in [0.4, 0.5) is 0 Å². The molecule has 48 heavy (non-hydrogen) atoms. The molecule has 9 aromatic rings. The van der Waals surface area contributed by atoms with E-state index < -0.39 is 0 Å². The Bertz CT molecular complexity index is 2620. The number of aromatic nitrogens is 4. The number of thiophene rings is 1. The number of pyridine rings is 1. The van der Waals surface area contributed by atoms with Crippen LogP contribution in [0.25, 0.3) is 64.6 Å². The Morgan fingerprint density at radius 1 is 0.667 bits per heavy atom. The van der Waals surface area contributed by atoms with Gasteiger partial charge in [-0.25, -0.2) is 9.67 Å². The molecule has 0 atom stereocenters. The number of ether oxygens (including phenoxy) is 1. The van der Waals surface area contributed by atoms with Crippen LogP contribution < -0.4 is 4.74 Å². The van der Waals surface area contributed by atoms with Gasteiger partial charge in [-0.2, -0.15) is 5.10 Å². The molecule has 9 rings (SSSR count). The van der Waals surface area contributed by atoms with E-state index in [9.17, 15) is 0 Å². The fraction of sp³-hybridized carbons (Fsp3) is 0.0952. The van der Waals surface area contributed by atoms with Crippen LogP contribution in [-0.4, -0.2) is 19.3 Å². The number of fused-ring (bicyclic) bond motifs is 7. The molecule has 0 aliphatic carbocycles. The molecule has 0 saturated carbocycles. The van der Waals surface area contributed by atoms with Crippen LogP contribution >= 0.6 is 11.3 Å². The van der Waals surface area contributed by atoms with Gasteiger partial charge in [0, 0.05) is 66.4 Å². The van der Waals surface area contributed by atoms with Crippen LogP contribution in [0.5, 0.6) is 11.5 Å². The summed E-state index contributed by atoms with van der Waals surface area (Å²) in [6, 6.07) is 44.2. The van der Waals surface area contributed by atoms with E-state index in [-0.39, 0.29) is 5.41 Å². The molecule has 4 heterocycles. The predicted octanol–water partition coefficient (Wildman–Crippen LogP) is 11.5. The number of benzene rings is 5. The van der Waals surface area contributed by atoms with Gasteiger partial charge in [0.15, 0.2) is 0 Å². The van der Waals surface area contributed by atoms with E-state index in [1.54, 1.807) is 0 Å². The normalized spacial score (nSPS) is 12.1. The molecule has 0 aliphatic rings. The molecule has 0 aliphatic heterocycles. The lowest BCUT2D eigenvalue weighted by molar-refractivity contribution is 0.482. The van der Waals surface area contributed by atoms with Crippen LogP contribution in [0.2, 0.25) is 0 Å². The van der Waals surface area contributed by atoms with Gasteiger partial charge in [-0.15, -0.1) is 11.3 Å². The standard InChI is InChI=1S/C42H32N4OS/c1-42(2,3)41-34(27-12-5-4-6-13-27)26-45(44-41)28-14-11-15-29(24-28)47-30-19-20-31-32-21-22-37-39(33-16-7-8-17-36(33)48-37)40(32)46(35(31)25-30)38-18-9-10-23-43-38/h4-26H,1-3H3. The zero-order valence-electron chi connectivity index (χ0n) is 26.9. The highest BCUT2D eigenvalue weighted by molar-refractivity contribution is 7.26. The molecule has 4 aromatic heterocycles. The largest absolute Gasteiger partial charge is 0.457 e. The average molecular weight is 641 g/mol. The molecular weight excluding hydrogens is 609 g/mol. The van der Waals surface area contributed by atoms with Crippen LogP contribution in [0.15, 0.2) is 140 Å². The Labute approximate surface area is 282 Å². The van der Waals surface area contributed by atoms with Gasteiger partial charge in [-0.1, -0.05) is 87.5 Å². The Hall–Kier alpha value is -5.72. The quantitative estimate of drug-likeness (QED) is 0.188. The van der Waals surface area contributed by atoms with Gasteiger partial charge in [0.25, 0.3) is 0 Å². The molecule has 0 unspecified atom stereocenters. The highest BCUT2D eigenvalue weighted by Gasteiger charge is 2.24. The molecule has 0 bridgehead atoms. The number of hydrogen-bond donors (Lipinski definition) is 0. The first kappa shape index (κ1) is 28.5. The number of hydrogen-bond acceptors (Lipinski definition) is 4. The van der Waals surface area contributed by atoms with E-state index in [2.05, 4.69) is 123 Å². The van der Waals surface area contributed by atoms with Crippen molar-refractivity contribution in [2.75, 3.05) is 0 Å². The maximum Gasteiger partial charge on any atom is 0.137 e. The molecule has 0 radical (unpaired) electrons. The van der Waals surface area contributed by atoms with Gasteiger partial charge in [0.05, 0.1) is 22.4 Å². The molecular formula is C42H32N4OS. The minimum absolute atomic E-state index is 0.118. The van der Waals surface area contributed by atoms with Crippen molar-refractivity contribution in [2.45, 2.75) is 26.2 Å². The summed E-state index contributed by atoms with van der Waals surface area (Å²) in [6.07, 6.45) is 3.98. The lowest BCUT2D eigenvalue weighted by Gasteiger charge is -2.17. The third-order valence-electron chi connectivity index (χ3n) is 8.95. The molecule has 0 spiro atoms.